The number of hydrogen-bond donors (Lipinski definition) is 2. The minimum Gasteiger partial charge on any atom is -0.478 e. The molecule has 1 rings (SSSR count). The number of benzene rings is 1. The summed E-state index contributed by atoms with van der Waals surface area (Å²) < 4.78 is 0. The monoisotopic (exact) mass is 226 g/mol. The molecule has 1 aromatic carbocycles. The molecular weight excluding hydrogens is 220 g/mol. The van der Waals surface area contributed by atoms with Gasteiger partial charge >= 0.3 is 5.97 Å². The van der Waals surface area contributed by atoms with Crippen LogP contribution in [0.3, 0.4) is 0 Å². The van der Waals surface area contributed by atoms with Gasteiger partial charge in [0.25, 0.3) is 0 Å². The van der Waals surface area contributed by atoms with E-state index >= 15 is 0 Å². The zero-order valence-electron chi connectivity index (χ0n) is 7.12. The average Bonchev–Trinajstić information content (AvgIpc) is 2.16. The molecule has 0 atom stereocenters. The normalized spacial score (nSPS) is 9.00. The smallest absolute Gasteiger partial charge is 0.337 e. The summed E-state index contributed by atoms with van der Waals surface area (Å²) in [6, 6.07) is 4.64. The SMILES string of the molecule is O=C(O)c1cc(C#CCS)ccc1Cl. The van der Waals surface area contributed by atoms with Crippen molar-refractivity contribution >= 4 is 30.2 Å². The lowest BCUT2D eigenvalue weighted by Crippen LogP contribution is -1.97. The predicted octanol–water partition coefficient (Wildman–Crippen LogP) is 2.32. The van der Waals surface area contributed by atoms with Gasteiger partial charge in [-0.3, -0.25) is 0 Å². The van der Waals surface area contributed by atoms with E-state index in [0.717, 1.165) is 0 Å². The second kappa shape index (κ2) is 4.94. The van der Waals surface area contributed by atoms with E-state index in [1.165, 1.54) is 12.1 Å². The molecule has 0 aromatic heterocycles. The molecule has 2 nitrogen and oxygen atoms in total. The van der Waals surface area contributed by atoms with Crippen molar-refractivity contribution in [3.05, 3.63) is 34.3 Å². The lowest BCUT2D eigenvalue weighted by molar-refractivity contribution is 0.0697. The molecule has 0 aliphatic heterocycles. The van der Waals surface area contributed by atoms with Crippen molar-refractivity contribution in [2.45, 2.75) is 0 Å². The number of hydrogen-bond acceptors (Lipinski definition) is 2. The van der Waals surface area contributed by atoms with Crippen LogP contribution >= 0.6 is 24.2 Å². The fraction of sp³-hybridized carbons (Fsp3) is 0.100. The third kappa shape index (κ3) is 2.69. The number of aromatic carboxylic acids is 1. The molecule has 1 aromatic rings. The Labute approximate surface area is 92.3 Å². The molecular formula is C10H7ClO2S. The van der Waals surface area contributed by atoms with Gasteiger partial charge in [0.2, 0.25) is 0 Å². The van der Waals surface area contributed by atoms with E-state index in [1.807, 2.05) is 0 Å². The first-order valence-electron chi connectivity index (χ1n) is 3.77. The van der Waals surface area contributed by atoms with E-state index in [1.54, 1.807) is 6.07 Å². The number of carboxylic acid groups (broad SMARTS) is 1. The van der Waals surface area contributed by atoms with Crippen molar-refractivity contribution in [2.24, 2.45) is 0 Å². The molecule has 0 unspecified atom stereocenters. The minimum atomic E-state index is -1.05. The van der Waals surface area contributed by atoms with Crippen LogP contribution in [-0.4, -0.2) is 16.8 Å². The van der Waals surface area contributed by atoms with Gasteiger partial charge in [-0.15, -0.1) is 0 Å². The van der Waals surface area contributed by atoms with Crippen molar-refractivity contribution in [3.8, 4) is 11.8 Å². The first-order valence-corrected chi connectivity index (χ1v) is 4.78. The van der Waals surface area contributed by atoms with E-state index in [2.05, 4.69) is 24.5 Å². The van der Waals surface area contributed by atoms with Crippen LogP contribution in [0.4, 0.5) is 0 Å². The van der Waals surface area contributed by atoms with E-state index in [4.69, 9.17) is 16.7 Å². The van der Waals surface area contributed by atoms with Crippen molar-refractivity contribution in [2.75, 3.05) is 5.75 Å². The molecule has 0 aliphatic rings. The Bertz CT molecular complexity index is 418. The molecule has 0 saturated carbocycles. The summed E-state index contributed by atoms with van der Waals surface area (Å²) in [6.07, 6.45) is 0. The Balaban J connectivity index is 3.13. The lowest BCUT2D eigenvalue weighted by atomic mass is 10.1. The van der Waals surface area contributed by atoms with Gasteiger partial charge in [0.15, 0.2) is 0 Å². The second-order valence-electron chi connectivity index (χ2n) is 2.46. The Kier molecular flexibility index (Phi) is 3.87. The van der Waals surface area contributed by atoms with Gasteiger partial charge in [-0.25, -0.2) is 4.79 Å². The summed E-state index contributed by atoms with van der Waals surface area (Å²) >= 11 is 9.60. The third-order valence-electron chi connectivity index (χ3n) is 1.51. The van der Waals surface area contributed by atoms with Crippen LogP contribution in [0.25, 0.3) is 0 Å². The van der Waals surface area contributed by atoms with Crippen LogP contribution in [-0.2, 0) is 0 Å². The summed E-state index contributed by atoms with van der Waals surface area (Å²) in [5.41, 5.74) is 0.693. The molecule has 14 heavy (non-hydrogen) atoms. The van der Waals surface area contributed by atoms with Crippen LogP contribution < -0.4 is 0 Å². The van der Waals surface area contributed by atoms with E-state index in [9.17, 15) is 4.79 Å². The molecule has 0 bridgehead atoms. The summed E-state index contributed by atoms with van der Waals surface area (Å²) in [4.78, 5) is 10.7. The summed E-state index contributed by atoms with van der Waals surface area (Å²) in [5.74, 6) is 4.88. The van der Waals surface area contributed by atoms with E-state index in [0.29, 0.717) is 11.3 Å². The predicted molar refractivity (Wildman–Crippen MR) is 59.1 cm³/mol. The molecule has 0 spiro atoms. The van der Waals surface area contributed by atoms with Gasteiger partial charge in [-0.2, -0.15) is 12.6 Å². The highest BCUT2D eigenvalue weighted by Crippen LogP contribution is 2.16. The number of halogens is 1. The first-order chi connectivity index (χ1) is 6.65. The largest absolute Gasteiger partial charge is 0.478 e. The van der Waals surface area contributed by atoms with Crippen LogP contribution in [0.15, 0.2) is 18.2 Å². The standard InChI is InChI=1S/C10H7ClO2S/c11-9-4-3-7(2-1-5-14)6-8(9)10(12)13/h3-4,6,14H,5H2,(H,12,13). The van der Waals surface area contributed by atoms with Crippen molar-refractivity contribution in [1.29, 1.82) is 0 Å². The van der Waals surface area contributed by atoms with Gasteiger partial charge in [-0.1, -0.05) is 23.4 Å². The highest BCUT2D eigenvalue weighted by atomic mass is 35.5. The van der Waals surface area contributed by atoms with Crippen LogP contribution in [0.2, 0.25) is 5.02 Å². The molecule has 0 radical (unpaired) electrons. The number of thiol groups is 1. The van der Waals surface area contributed by atoms with Crippen molar-refractivity contribution in [3.63, 3.8) is 0 Å². The lowest BCUT2D eigenvalue weighted by Gasteiger charge is -1.98. The fourth-order valence-electron chi connectivity index (χ4n) is 0.909. The zero-order valence-corrected chi connectivity index (χ0v) is 8.77. The van der Waals surface area contributed by atoms with Crippen molar-refractivity contribution in [1.82, 2.24) is 0 Å². The molecule has 0 heterocycles. The highest BCUT2D eigenvalue weighted by Gasteiger charge is 2.07. The number of rotatable bonds is 1. The highest BCUT2D eigenvalue weighted by molar-refractivity contribution is 7.80. The number of carbonyl (C=O) groups is 1. The summed E-state index contributed by atoms with van der Waals surface area (Å²) in [7, 11) is 0. The van der Waals surface area contributed by atoms with Crippen LogP contribution in [0.1, 0.15) is 15.9 Å². The van der Waals surface area contributed by atoms with E-state index in [-0.39, 0.29) is 10.6 Å². The maximum Gasteiger partial charge on any atom is 0.337 e. The van der Waals surface area contributed by atoms with Gasteiger partial charge in [0.05, 0.1) is 16.3 Å². The van der Waals surface area contributed by atoms with Crippen LogP contribution in [0, 0.1) is 11.8 Å². The summed E-state index contributed by atoms with van der Waals surface area (Å²) in [6.45, 7) is 0. The second-order valence-corrected chi connectivity index (χ2v) is 3.18. The molecule has 0 saturated heterocycles. The first kappa shape index (κ1) is 11.0. The van der Waals surface area contributed by atoms with Gasteiger partial charge in [0, 0.05) is 5.56 Å². The Morgan fingerprint density at radius 1 is 1.57 bits per heavy atom. The van der Waals surface area contributed by atoms with Gasteiger partial charge < -0.3 is 5.11 Å². The van der Waals surface area contributed by atoms with Gasteiger partial charge in [-0.05, 0) is 18.2 Å². The topological polar surface area (TPSA) is 37.3 Å². The molecule has 72 valence electrons. The Morgan fingerprint density at radius 2 is 2.29 bits per heavy atom. The van der Waals surface area contributed by atoms with Crippen molar-refractivity contribution < 1.29 is 9.90 Å². The molecule has 0 aliphatic carbocycles. The summed E-state index contributed by atoms with van der Waals surface area (Å²) in [5, 5.41) is 8.98. The molecule has 0 amide bonds. The minimum absolute atomic E-state index is 0.0673. The maximum absolute atomic E-state index is 10.7. The maximum atomic E-state index is 10.7. The van der Waals surface area contributed by atoms with E-state index < -0.39 is 5.97 Å². The van der Waals surface area contributed by atoms with Gasteiger partial charge in [0.1, 0.15) is 0 Å². The van der Waals surface area contributed by atoms with Crippen LogP contribution in [0.5, 0.6) is 0 Å². The Morgan fingerprint density at radius 3 is 2.86 bits per heavy atom. The zero-order chi connectivity index (χ0) is 10.6. The third-order valence-corrected chi connectivity index (χ3v) is 2.00. The quantitative estimate of drug-likeness (QED) is 0.570. The average molecular weight is 227 g/mol. The fourth-order valence-corrected chi connectivity index (χ4v) is 1.19. The number of carboxylic acids is 1. The Hall–Kier alpha value is -1.11. The molecule has 0 fully saturated rings. The molecule has 4 heteroatoms. The molecule has 1 N–H and O–H groups in total.